The lowest BCUT2D eigenvalue weighted by atomic mass is 10.0. The van der Waals surface area contributed by atoms with Gasteiger partial charge >= 0.3 is 0 Å². The normalized spacial score (nSPS) is 19.3. The maximum atomic E-state index is 6.22. The number of halogens is 1. The van der Waals surface area contributed by atoms with Crippen molar-refractivity contribution in [2.75, 3.05) is 7.05 Å². The molecule has 0 saturated carbocycles. The Balaban J connectivity index is 1.86. The Morgan fingerprint density at radius 3 is 2.89 bits per heavy atom. The van der Waals surface area contributed by atoms with Gasteiger partial charge in [-0.05, 0) is 30.1 Å². The number of benzene rings is 1. The van der Waals surface area contributed by atoms with Crippen molar-refractivity contribution in [1.82, 2.24) is 5.32 Å². The van der Waals surface area contributed by atoms with Crippen LogP contribution in [0, 0.1) is 0 Å². The van der Waals surface area contributed by atoms with E-state index in [1.807, 2.05) is 30.6 Å². The van der Waals surface area contributed by atoms with E-state index in [9.17, 15) is 0 Å². The van der Waals surface area contributed by atoms with E-state index in [4.69, 9.17) is 16.3 Å². The van der Waals surface area contributed by atoms with Gasteiger partial charge in [-0.25, -0.2) is 0 Å². The number of ether oxygens (including phenoxy) is 1. The van der Waals surface area contributed by atoms with E-state index >= 15 is 0 Å². The molecule has 1 aromatic carbocycles. The predicted molar refractivity (Wildman–Crippen MR) is 75.7 cm³/mol. The highest BCUT2D eigenvalue weighted by molar-refractivity contribution is 7.10. The van der Waals surface area contributed by atoms with Crippen LogP contribution in [0.5, 0.6) is 5.75 Å². The second kappa shape index (κ2) is 4.92. The highest BCUT2D eigenvalue weighted by Gasteiger charge is 2.32. The first-order chi connectivity index (χ1) is 8.79. The fraction of sp³-hybridized carbons (Fsp3) is 0.286. The number of nitrogens with one attached hydrogen (secondary N) is 1. The highest BCUT2D eigenvalue weighted by Crippen LogP contribution is 2.37. The van der Waals surface area contributed by atoms with E-state index in [1.165, 1.54) is 5.56 Å². The summed E-state index contributed by atoms with van der Waals surface area (Å²) in [6, 6.07) is 10.3. The first-order valence-electron chi connectivity index (χ1n) is 5.94. The molecular weight excluding hydrogens is 266 g/mol. The molecule has 1 N–H and O–H groups in total. The van der Waals surface area contributed by atoms with Crippen molar-refractivity contribution in [1.29, 1.82) is 0 Å². The molecule has 1 aliphatic rings. The Morgan fingerprint density at radius 1 is 1.39 bits per heavy atom. The Hall–Kier alpha value is -1.03. The standard InChI is InChI=1S/C14H14ClNOS/c1-16-13(14-10(15)6-7-18-14)12-8-9-4-2-3-5-11(9)17-12/h2-7,12-13,16H,8H2,1H3. The van der Waals surface area contributed by atoms with Gasteiger partial charge in [0.05, 0.1) is 11.1 Å². The van der Waals surface area contributed by atoms with Crippen LogP contribution in [0.25, 0.3) is 0 Å². The molecule has 0 fully saturated rings. The van der Waals surface area contributed by atoms with E-state index in [0.29, 0.717) is 0 Å². The Labute approximate surface area is 116 Å². The Bertz CT molecular complexity index is 529. The largest absolute Gasteiger partial charge is 0.488 e. The smallest absolute Gasteiger partial charge is 0.123 e. The molecule has 0 bridgehead atoms. The summed E-state index contributed by atoms with van der Waals surface area (Å²) in [7, 11) is 1.95. The van der Waals surface area contributed by atoms with Gasteiger partial charge in [0, 0.05) is 11.3 Å². The molecule has 18 heavy (non-hydrogen) atoms. The maximum Gasteiger partial charge on any atom is 0.123 e. The zero-order chi connectivity index (χ0) is 12.5. The van der Waals surface area contributed by atoms with Crippen molar-refractivity contribution in [2.45, 2.75) is 18.6 Å². The molecule has 0 amide bonds. The molecule has 3 rings (SSSR count). The van der Waals surface area contributed by atoms with Gasteiger partial charge in [-0.2, -0.15) is 0 Å². The van der Waals surface area contributed by atoms with E-state index in [2.05, 4.69) is 17.4 Å². The molecule has 94 valence electrons. The van der Waals surface area contributed by atoms with Gasteiger partial charge in [-0.1, -0.05) is 29.8 Å². The average molecular weight is 280 g/mol. The molecule has 2 atom stereocenters. The zero-order valence-corrected chi connectivity index (χ0v) is 11.6. The molecule has 2 aromatic rings. The molecular formula is C14H14ClNOS. The third-order valence-corrected chi connectivity index (χ3v) is 4.72. The first-order valence-corrected chi connectivity index (χ1v) is 7.20. The van der Waals surface area contributed by atoms with Crippen molar-refractivity contribution < 1.29 is 4.74 Å². The lowest BCUT2D eigenvalue weighted by Crippen LogP contribution is -2.32. The fourth-order valence-corrected chi connectivity index (χ4v) is 3.74. The summed E-state index contributed by atoms with van der Waals surface area (Å²) in [5, 5.41) is 6.16. The molecule has 0 radical (unpaired) electrons. The Kier molecular flexibility index (Phi) is 3.29. The van der Waals surface area contributed by atoms with Crippen LogP contribution in [0.3, 0.4) is 0 Å². The predicted octanol–water partition coefficient (Wildman–Crippen LogP) is 3.67. The second-order valence-electron chi connectivity index (χ2n) is 4.37. The van der Waals surface area contributed by atoms with E-state index < -0.39 is 0 Å². The van der Waals surface area contributed by atoms with Crippen molar-refractivity contribution in [3.05, 3.63) is 51.2 Å². The summed E-state index contributed by atoms with van der Waals surface area (Å²) < 4.78 is 6.02. The number of fused-ring (bicyclic) bond motifs is 1. The monoisotopic (exact) mass is 279 g/mol. The molecule has 0 spiro atoms. The van der Waals surface area contributed by atoms with Gasteiger partial charge in [-0.15, -0.1) is 11.3 Å². The third-order valence-electron chi connectivity index (χ3n) is 3.28. The van der Waals surface area contributed by atoms with Gasteiger partial charge in [0.1, 0.15) is 11.9 Å². The van der Waals surface area contributed by atoms with Crippen molar-refractivity contribution >= 4 is 22.9 Å². The number of hydrogen-bond acceptors (Lipinski definition) is 3. The van der Waals surface area contributed by atoms with Gasteiger partial charge in [0.2, 0.25) is 0 Å². The number of hydrogen-bond donors (Lipinski definition) is 1. The van der Waals surface area contributed by atoms with Gasteiger partial charge < -0.3 is 10.1 Å². The SMILES string of the molecule is CNC(c1sccc1Cl)C1Cc2ccccc2O1. The van der Waals surface area contributed by atoms with E-state index in [1.54, 1.807) is 11.3 Å². The lowest BCUT2D eigenvalue weighted by molar-refractivity contribution is 0.185. The van der Waals surface area contributed by atoms with Crippen LogP contribution in [0.15, 0.2) is 35.7 Å². The second-order valence-corrected chi connectivity index (χ2v) is 5.72. The molecule has 2 unspecified atom stereocenters. The first kappa shape index (κ1) is 12.0. The van der Waals surface area contributed by atoms with Crippen LogP contribution in [0.2, 0.25) is 5.02 Å². The van der Waals surface area contributed by atoms with Crippen molar-refractivity contribution in [3.63, 3.8) is 0 Å². The minimum Gasteiger partial charge on any atom is -0.488 e. The summed E-state index contributed by atoms with van der Waals surface area (Å²) >= 11 is 7.89. The highest BCUT2D eigenvalue weighted by atomic mass is 35.5. The van der Waals surface area contributed by atoms with Gasteiger partial charge in [-0.3, -0.25) is 0 Å². The number of rotatable bonds is 3. The molecule has 2 heterocycles. The molecule has 4 heteroatoms. The Morgan fingerprint density at radius 2 is 2.22 bits per heavy atom. The molecule has 0 aliphatic carbocycles. The lowest BCUT2D eigenvalue weighted by Gasteiger charge is -2.22. The van der Waals surface area contributed by atoms with Gasteiger partial charge in [0.25, 0.3) is 0 Å². The van der Waals surface area contributed by atoms with Crippen LogP contribution in [0.1, 0.15) is 16.5 Å². The molecule has 0 saturated heterocycles. The quantitative estimate of drug-likeness (QED) is 0.926. The van der Waals surface area contributed by atoms with E-state index in [0.717, 1.165) is 22.1 Å². The summed E-state index contributed by atoms with van der Waals surface area (Å²) in [5.74, 6) is 0.996. The number of likely N-dealkylation sites (N-methyl/N-ethyl adjacent to an activating group) is 1. The maximum absolute atomic E-state index is 6.22. The van der Waals surface area contributed by atoms with E-state index in [-0.39, 0.29) is 12.1 Å². The summed E-state index contributed by atoms with van der Waals surface area (Å²) in [4.78, 5) is 1.15. The van der Waals surface area contributed by atoms with Crippen LogP contribution in [-0.2, 0) is 6.42 Å². The van der Waals surface area contributed by atoms with Crippen LogP contribution < -0.4 is 10.1 Å². The van der Waals surface area contributed by atoms with Crippen molar-refractivity contribution in [2.24, 2.45) is 0 Å². The number of thiophene rings is 1. The summed E-state index contributed by atoms with van der Waals surface area (Å²) in [6.45, 7) is 0. The zero-order valence-electron chi connectivity index (χ0n) is 10.0. The minimum atomic E-state index is 0.114. The van der Waals surface area contributed by atoms with Crippen LogP contribution in [-0.4, -0.2) is 13.2 Å². The third kappa shape index (κ3) is 2.03. The fourth-order valence-electron chi connectivity index (χ4n) is 2.41. The number of para-hydroxylation sites is 1. The minimum absolute atomic E-state index is 0.114. The molecule has 2 nitrogen and oxygen atoms in total. The van der Waals surface area contributed by atoms with Crippen LogP contribution >= 0.6 is 22.9 Å². The molecule has 1 aromatic heterocycles. The van der Waals surface area contributed by atoms with Crippen LogP contribution in [0.4, 0.5) is 0 Å². The van der Waals surface area contributed by atoms with Gasteiger partial charge in [0.15, 0.2) is 0 Å². The average Bonchev–Trinajstić information content (AvgIpc) is 2.97. The summed E-state index contributed by atoms with van der Waals surface area (Å²) in [5.41, 5.74) is 1.27. The molecule has 1 aliphatic heterocycles. The summed E-state index contributed by atoms with van der Waals surface area (Å²) in [6.07, 6.45) is 1.04. The van der Waals surface area contributed by atoms with Crippen molar-refractivity contribution in [3.8, 4) is 5.75 Å². The topological polar surface area (TPSA) is 21.3 Å².